The van der Waals surface area contributed by atoms with Crippen LogP contribution in [0.25, 0.3) is 0 Å². The van der Waals surface area contributed by atoms with E-state index in [2.05, 4.69) is 27.7 Å². The standard InChI is InChI=1S/C14H29NO2/c1-10(2)8-12(9-11(3)4)15(7)14(5,6)13(16)17/h10-12H,8-9H2,1-7H3,(H,16,17). The van der Waals surface area contributed by atoms with Gasteiger partial charge < -0.3 is 5.11 Å². The largest absolute Gasteiger partial charge is 0.480 e. The van der Waals surface area contributed by atoms with E-state index >= 15 is 0 Å². The number of nitrogens with zero attached hydrogens (tertiary/aromatic N) is 1. The molecule has 3 nitrogen and oxygen atoms in total. The second-order valence-electron chi connectivity index (χ2n) is 6.39. The van der Waals surface area contributed by atoms with Gasteiger partial charge in [0.1, 0.15) is 5.54 Å². The molecule has 0 fully saturated rings. The Kier molecular flexibility index (Phi) is 6.17. The van der Waals surface area contributed by atoms with Crippen molar-refractivity contribution in [2.24, 2.45) is 11.8 Å². The molecule has 0 rings (SSSR count). The lowest BCUT2D eigenvalue weighted by Crippen LogP contribution is -2.53. The number of hydrogen-bond acceptors (Lipinski definition) is 2. The second-order valence-corrected chi connectivity index (χ2v) is 6.39. The number of carbonyl (C=O) groups is 1. The number of rotatable bonds is 7. The fourth-order valence-corrected chi connectivity index (χ4v) is 2.11. The molecule has 17 heavy (non-hydrogen) atoms. The van der Waals surface area contributed by atoms with Gasteiger partial charge in [0.2, 0.25) is 0 Å². The minimum atomic E-state index is -0.797. The van der Waals surface area contributed by atoms with E-state index in [0.29, 0.717) is 17.9 Å². The molecular weight excluding hydrogens is 214 g/mol. The van der Waals surface area contributed by atoms with Crippen LogP contribution in [0.2, 0.25) is 0 Å². The summed E-state index contributed by atoms with van der Waals surface area (Å²) in [5.41, 5.74) is -0.797. The molecule has 0 aliphatic heterocycles. The second kappa shape index (κ2) is 6.39. The van der Waals surface area contributed by atoms with Gasteiger partial charge in [0.05, 0.1) is 0 Å². The van der Waals surface area contributed by atoms with Crippen molar-refractivity contribution < 1.29 is 9.90 Å². The molecular formula is C14H29NO2. The minimum absolute atomic E-state index is 0.334. The molecule has 0 saturated heterocycles. The Hall–Kier alpha value is -0.570. The molecule has 1 N–H and O–H groups in total. The monoisotopic (exact) mass is 243 g/mol. The fraction of sp³-hybridized carbons (Fsp3) is 0.929. The zero-order valence-electron chi connectivity index (χ0n) is 12.4. The van der Waals surface area contributed by atoms with E-state index in [0.717, 1.165) is 12.8 Å². The van der Waals surface area contributed by atoms with E-state index in [1.165, 1.54) is 0 Å². The lowest BCUT2D eigenvalue weighted by molar-refractivity contribution is -0.150. The molecule has 0 saturated carbocycles. The van der Waals surface area contributed by atoms with E-state index < -0.39 is 11.5 Å². The van der Waals surface area contributed by atoms with Crippen molar-refractivity contribution in [2.45, 2.75) is 66.0 Å². The molecule has 0 bridgehead atoms. The van der Waals surface area contributed by atoms with Gasteiger partial charge in [0.25, 0.3) is 0 Å². The predicted molar refractivity (Wildman–Crippen MR) is 72.2 cm³/mol. The Balaban J connectivity index is 4.84. The van der Waals surface area contributed by atoms with Gasteiger partial charge in [-0.1, -0.05) is 27.7 Å². The van der Waals surface area contributed by atoms with Crippen molar-refractivity contribution in [1.29, 1.82) is 0 Å². The number of aliphatic carboxylic acids is 1. The van der Waals surface area contributed by atoms with Crippen LogP contribution in [0, 0.1) is 11.8 Å². The summed E-state index contributed by atoms with van der Waals surface area (Å²) in [5, 5.41) is 9.29. The highest BCUT2D eigenvalue weighted by molar-refractivity contribution is 5.77. The van der Waals surface area contributed by atoms with Crippen LogP contribution in [0.15, 0.2) is 0 Å². The molecule has 0 aromatic heterocycles. The van der Waals surface area contributed by atoms with Crippen LogP contribution >= 0.6 is 0 Å². The first kappa shape index (κ1) is 16.4. The van der Waals surface area contributed by atoms with E-state index in [-0.39, 0.29) is 0 Å². The molecule has 0 radical (unpaired) electrons. The minimum Gasteiger partial charge on any atom is -0.480 e. The summed E-state index contributed by atoms with van der Waals surface area (Å²) in [5.74, 6) is 0.425. The SMILES string of the molecule is CC(C)CC(CC(C)C)N(C)C(C)(C)C(=O)O. The third-order valence-corrected chi connectivity index (χ3v) is 3.44. The molecule has 0 aliphatic carbocycles. The first-order valence-corrected chi connectivity index (χ1v) is 6.55. The van der Waals surface area contributed by atoms with Gasteiger partial charge in [-0.2, -0.15) is 0 Å². The van der Waals surface area contributed by atoms with Crippen molar-refractivity contribution in [3.63, 3.8) is 0 Å². The summed E-state index contributed by atoms with van der Waals surface area (Å²) in [7, 11) is 1.93. The summed E-state index contributed by atoms with van der Waals surface area (Å²) in [6.07, 6.45) is 2.09. The lowest BCUT2D eigenvalue weighted by atomic mass is 9.91. The van der Waals surface area contributed by atoms with E-state index in [9.17, 15) is 9.90 Å². The van der Waals surface area contributed by atoms with E-state index in [1.54, 1.807) is 13.8 Å². The molecule has 0 aliphatic rings. The van der Waals surface area contributed by atoms with Crippen LogP contribution in [-0.2, 0) is 4.79 Å². The lowest BCUT2D eigenvalue weighted by Gasteiger charge is -2.39. The van der Waals surface area contributed by atoms with Gasteiger partial charge >= 0.3 is 5.97 Å². The van der Waals surface area contributed by atoms with Crippen molar-refractivity contribution in [1.82, 2.24) is 4.90 Å². The molecule has 3 heteroatoms. The average Bonchev–Trinajstić information content (AvgIpc) is 2.13. The molecule has 102 valence electrons. The van der Waals surface area contributed by atoms with Crippen molar-refractivity contribution in [3.05, 3.63) is 0 Å². The van der Waals surface area contributed by atoms with Gasteiger partial charge in [-0.25, -0.2) is 0 Å². The number of carboxylic acids is 1. The quantitative estimate of drug-likeness (QED) is 0.746. The molecule has 0 aromatic carbocycles. The summed E-state index contributed by atoms with van der Waals surface area (Å²) < 4.78 is 0. The Morgan fingerprint density at radius 1 is 1.12 bits per heavy atom. The van der Waals surface area contributed by atoms with Crippen molar-refractivity contribution >= 4 is 5.97 Å². The highest BCUT2D eigenvalue weighted by Crippen LogP contribution is 2.24. The maximum Gasteiger partial charge on any atom is 0.323 e. The van der Waals surface area contributed by atoms with E-state index in [4.69, 9.17) is 0 Å². The van der Waals surface area contributed by atoms with Gasteiger partial charge in [0.15, 0.2) is 0 Å². The molecule has 0 spiro atoms. The normalized spacial score (nSPS) is 13.1. The molecule has 0 atom stereocenters. The Bertz CT molecular complexity index is 237. The van der Waals surface area contributed by atoms with Crippen LogP contribution in [-0.4, -0.2) is 34.6 Å². The van der Waals surface area contributed by atoms with Crippen LogP contribution in [0.5, 0.6) is 0 Å². The van der Waals surface area contributed by atoms with Crippen molar-refractivity contribution in [3.8, 4) is 0 Å². The first-order chi connectivity index (χ1) is 7.59. The maximum absolute atomic E-state index is 11.3. The van der Waals surface area contributed by atoms with Crippen molar-refractivity contribution in [2.75, 3.05) is 7.05 Å². The maximum atomic E-state index is 11.3. The zero-order valence-corrected chi connectivity index (χ0v) is 12.4. The third kappa shape index (κ3) is 5.07. The topological polar surface area (TPSA) is 40.5 Å². The number of hydrogen-bond donors (Lipinski definition) is 1. The summed E-state index contributed by atoms with van der Waals surface area (Å²) in [4.78, 5) is 13.3. The molecule has 0 unspecified atom stereocenters. The number of carboxylic acid groups (broad SMARTS) is 1. The summed E-state index contributed by atoms with van der Waals surface area (Å²) in [6, 6.07) is 0.334. The summed E-state index contributed by atoms with van der Waals surface area (Å²) >= 11 is 0. The fourth-order valence-electron chi connectivity index (χ4n) is 2.11. The van der Waals surface area contributed by atoms with Gasteiger partial charge in [-0.3, -0.25) is 9.69 Å². The van der Waals surface area contributed by atoms with Gasteiger partial charge in [-0.15, -0.1) is 0 Å². The average molecular weight is 243 g/mol. The molecule has 0 heterocycles. The number of likely N-dealkylation sites (N-methyl/N-ethyl adjacent to an activating group) is 1. The molecule has 0 aromatic rings. The van der Waals surface area contributed by atoms with Crippen LogP contribution in [0.3, 0.4) is 0 Å². The van der Waals surface area contributed by atoms with Crippen LogP contribution in [0.1, 0.15) is 54.4 Å². The highest BCUT2D eigenvalue weighted by atomic mass is 16.4. The summed E-state index contributed by atoms with van der Waals surface area (Å²) in [6.45, 7) is 12.3. The predicted octanol–water partition coefficient (Wildman–Crippen LogP) is 3.24. The van der Waals surface area contributed by atoms with Gasteiger partial charge in [-0.05, 0) is 45.6 Å². The van der Waals surface area contributed by atoms with Gasteiger partial charge in [0, 0.05) is 6.04 Å². The van der Waals surface area contributed by atoms with Crippen LogP contribution < -0.4 is 0 Å². The third-order valence-electron chi connectivity index (χ3n) is 3.44. The first-order valence-electron chi connectivity index (χ1n) is 6.55. The van der Waals surface area contributed by atoms with Crippen LogP contribution in [0.4, 0.5) is 0 Å². The van der Waals surface area contributed by atoms with E-state index in [1.807, 2.05) is 11.9 Å². The zero-order chi connectivity index (χ0) is 13.8. The Morgan fingerprint density at radius 3 is 1.71 bits per heavy atom. The smallest absolute Gasteiger partial charge is 0.323 e. The molecule has 0 amide bonds. The Labute approximate surface area is 106 Å². The Morgan fingerprint density at radius 2 is 1.47 bits per heavy atom. The highest BCUT2D eigenvalue weighted by Gasteiger charge is 2.36.